The van der Waals surface area contributed by atoms with Crippen molar-refractivity contribution in [2.45, 2.75) is 5.92 Å². The topological polar surface area (TPSA) is 54.9 Å². The van der Waals surface area contributed by atoms with Crippen molar-refractivity contribution < 1.29 is 4.79 Å². The summed E-state index contributed by atoms with van der Waals surface area (Å²) in [5, 5.41) is 2.78. The smallest absolute Gasteiger partial charge is 0.238 e. The van der Waals surface area contributed by atoms with E-state index in [0.29, 0.717) is 5.95 Å². The fourth-order valence-corrected chi connectivity index (χ4v) is 2.33. The third-order valence-corrected chi connectivity index (χ3v) is 3.33. The van der Waals surface area contributed by atoms with Gasteiger partial charge >= 0.3 is 0 Å². The highest BCUT2D eigenvalue weighted by Crippen LogP contribution is 2.25. The predicted molar refractivity (Wildman–Crippen MR) is 85.4 cm³/mol. The van der Waals surface area contributed by atoms with Gasteiger partial charge in [0.1, 0.15) is 0 Å². The zero-order valence-corrected chi connectivity index (χ0v) is 11.9. The molecule has 3 aromatic rings. The van der Waals surface area contributed by atoms with E-state index in [9.17, 15) is 4.79 Å². The molecular formula is C18H15N3O. The molecule has 1 amide bonds. The number of amides is 1. The van der Waals surface area contributed by atoms with Crippen LogP contribution in [0.5, 0.6) is 0 Å². The molecule has 0 bridgehead atoms. The lowest BCUT2D eigenvalue weighted by Gasteiger charge is -2.17. The number of benzene rings is 2. The van der Waals surface area contributed by atoms with E-state index < -0.39 is 5.92 Å². The summed E-state index contributed by atoms with van der Waals surface area (Å²) >= 11 is 0. The first-order valence-corrected chi connectivity index (χ1v) is 7.02. The number of aromatic nitrogens is 2. The Labute approximate surface area is 128 Å². The van der Waals surface area contributed by atoms with Crippen LogP contribution in [0.25, 0.3) is 0 Å². The number of nitrogens with zero attached hydrogens (tertiary/aromatic N) is 2. The highest BCUT2D eigenvalue weighted by Gasteiger charge is 2.23. The second-order valence-corrected chi connectivity index (χ2v) is 4.82. The summed E-state index contributed by atoms with van der Waals surface area (Å²) in [6.07, 6.45) is 3.20. The SMILES string of the molecule is O=C(Nc1ncccn1)C(c1ccccc1)c1ccccc1. The third kappa shape index (κ3) is 3.17. The van der Waals surface area contributed by atoms with Crippen molar-refractivity contribution in [1.82, 2.24) is 9.97 Å². The van der Waals surface area contributed by atoms with Crippen LogP contribution in [0.2, 0.25) is 0 Å². The Morgan fingerprint density at radius 2 is 1.27 bits per heavy atom. The molecule has 0 saturated heterocycles. The third-order valence-electron chi connectivity index (χ3n) is 3.33. The quantitative estimate of drug-likeness (QED) is 0.802. The average molecular weight is 289 g/mol. The maximum absolute atomic E-state index is 12.7. The van der Waals surface area contributed by atoms with Gasteiger partial charge in [0, 0.05) is 12.4 Å². The first kappa shape index (κ1) is 13.9. The van der Waals surface area contributed by atoms with Crippen LogP contribution in [0, 0.1) is 0 Å². The Hall–Kier alpha value is -3.01. The van der Waals surface area contributed by atoms with Crippen LogP contribution in [-0.2, 0) is 4.79 Å². The Kier molecular flexibility index (Phi) is 4.20. The Morgan fingerprint density at radius 3 is 1.77 bits per heavy atom. The highest BCUT2D eigenvalue weighted by molar-refractivity contribution is 5.96. The largest absolute Gasteiger partial charge is 0.294 e. The summed E-state index contributed by atoms with van der Waals surface area (Å²) in [7, 11) is 0. The van der Waals surface area contributed by atoms with Crippen LogP contribution in [0.3, 0.4) is 0 Å². The van der Waals surface area contributed by atoms with Gasteiger partial charge in [-0.25, -0.2) is 9.97 Å². The maximum atomic E-state index is 12.7. The summed E-state index contributed by atoms with van der Waals surface area (Å²) in [5.74, 6) is -0.237. The van der Waals surface area contributed by atoms with Crippen molar-refractivity contribution in [3.63, 3.8) is 0 Å². The predicted octanol–water partition coefficient (Wildman–Crippen LogP) is 3.25. The van der Waals surface area contributed by atoms with Crippen molar-refractivity contribution in [1.29, 1.82) is 0 Å². The minimum Gasteiger partial charge on any atom is -0.294 e. The summed E-state index contributed by atoms with van der Waals surface area (Å²) in [5.41, 5.74) is 1.87. The molecule has 2 aromatic carbocycles. The fraction of sp³-hybridized carbons (Fsp3) is 0.0556. The lowest BCUT2D eigenvalue weighted by atomic mass is 9.90. The average Bonchev–Trinajstić information content (AvgIpc) is 2.58. The van der Waals surface area contributed by atoms with Crippen LogP contribution >= 0.6 is 0 Å². The molecule has 0 unspecified atom stereocenters. The van der Waals surface area contributed by atoms with E-state index in [2.05, 4.69) is 15.3 Å². The molecule has 3 rings (SSSR count). The molecule has 0 saturated carbocycles. The molecule has 0 aliphatic rings. The molecule has 0 spiro atoms. The molecule has 0 aliphatic carbocycles. The Bertz CT molecular complexity index is 691. The number of rotatable bonds is 4. The van der Waals surface area contributed by atoms with Crippen LogP contribution in [0.4, 0.5) is 5.95 Å². The summed E-state index contributed by atoms with van der Waals surface area (Å²) in [6.45, 7) is 0. The van der Waals surface area contributed by atoms with Gasteiger partial charge in [0.05, 0.1) is 5.92 Å². The molecule has 4 nitrogen and oxygen atoms in total. The minimum atomic E-state index is -0.397. The van der Waals surface area contributed by atoms with E-state index in [4.69, 9.17) is 0 Å². The zero-order chi connectivity index (χ0) is 15.2. The van der Waals surface area contributed by atoms with E-state index in [1.165, 1.54) is 0 Å². The van der Waals surface area contributed by atoms with E-state index in [1.807, 2.05) is 60.7 Å². The highest BCUT2D eigenvalue weighted by atomic mass is 16.2. The van der Waals surface area contributed by atoms with E-state index in [-0.39, 0.29) is 5.91 Å². The standard InChI is InChI=1S/C18H15N3O/c22-17(21-18-19-12-7-13-20-18)16(14-8-3-1-4-9-14)15-10-5-2-6-11-15/h1-13,16H,(H,19,20,21,22). The number of nitrogens with one attached hydrogen (secondary N) is 1. The second kappa shape index (κ2) is 6.63. The molecule has 108 valence electrons. The van der Waals surface area contributed by atoms with Crippen molar-refractivity contribution >= 4 is 11.9 Å². The van der Waals surface area contributed by atoms with Gasteiger partial charge in [-0.15, -0.1) is 0 Å². The van der Waals surface area contributed by atoms with Crippen LogP contribution in [0.15, 0.2) is 79.1 Å². The van der Waals surface area contributed by atoms with Crippen LogP contribution < -0.4 is 5.32 Å². The molecular weight excluding hydrogens is 274 g/mol. The Balaban J connectivity index is 1.94. The summed E-state index contributed by atoms with van der Waals surface area (Å²) < 4.78 is 0. The van der Waals surface area contributed by atoms with Gasteiger partial charge < -0.3 is 0 Å². The van der Waals surface area contributed by atoms with Crippen LogP contribution in [-0.4, -0.2) is 15.9 Å². The maximum Gasteiger partial charge on any atom is 0.238 e. The first-order valence-electron chi connectivity index (χ1n) is 7.02. The van der Waals surface area contributed by atoms with Gasteiger partial charge in [-0.2, -0.15) is 0 Å². The van der Waals surface area contributed by atoms with Gasteiger partial charge in [0.15, 0.2) is 0 Å². The van der Waals surface area contributed by atoms with Crippen molar-refractivity contribution in [2.24, 2.45) is 0 Å². The van der Waals surface area contributed by atoms with Gasteiger partial charge in [0.25, 0.3) is 0 Å². The van der Waals surface area contributed by atoms with Crippen molar-refractivity contribution in [3.8, 4) is 0 Å². The van der Waals surface area contributed by atoms with E-state index in [1.54, 1.807) is 18.5 Å². The fourth-order valence-electron chi connectivity index (χ4n) is 2.33. The van der Waals surface area contributed by atoms with E-state index >= 15 is 0 Å². The van der Waals surface area contributed by atoms with Gasteiger partial charge in [-0.05, 0) is 17.2 Å². The molecule has 1 N–H and O–H groups in total. The normalized spacial score (nSPS) is 10.4. The lowest BCUT2D eigenvalue weighted by Crippen LogP contribution is -2.23. The molecule has 1 aromatic heterocycles. The first-order chi connectivity index (χ1) is 10.8. The van der Waals surface area contributed by atoms with Gasteiger partial charge in [-0.1, -0.05) is 60.7 Å². The molecule has 0 fully saturated rings. The minimum absolute atomic E-state index is 0.149. The number of hydrogen-bond acceptors (Lipinski definition) is 3. The number of carbonyl (C=O) groups is 1. The number of anilines is 1. The van der Waals surface area contributed by atoms with Gasteiger partial charge in [0.2, 0.25) is 11.9 Å². The lowest BCUT2D eigenvalue weighted by molar-refractivity contribution is -0.116. The molecule has 4 heteroatoms. The summed E-state index contributed by atoms with van der Waals surface area (Å²) in [6, 6.07) is 21.1. The molecule has 22 heavy (non-hydrogen) atoms. The molecule has 0 atom stereocenters. The zero-order valence-electron chi connectivity index (χ0n) is 11.9. The van der Waals surface area contributed by atoms with Crippen molar-refractivity contribution in [2.75, 3.05) is 5.32 Å². The monoisotopic (exact) mass is 289 g/mol. The number of carbonyl (C=O) groups excluding carboxylic acids is 1. The molecule has 0 aliphatic heterocycles. The van der Waals surface area contributed by atoms with Gasteiger partial charge in [-0.3, -0.25) is 10.1 Å². The second-order valence-electron chi connectivity index (χ2n) is 4.82. The Morgan fingerprint density at radius 1 is 0.773 bits per heavy atom. The summed E-state index contributed by atoms with van der Waals surface area (Å²) in [4.78, 5) is 20.8. The molecule has 1 heterocycles. The number of hydrogen-bond donors (Lipinski definition) is 1. The van der Waals surface area contributed by atoms with Crippen molar-refractivity contribution in [3.05, 3.63) is 90.3 Å². The van der Waals surface area contributed by atoms with Crippen LogP contribution in [0.1, 0.15) is 17.0 Å². The molecule has 0 radical (unpaired) electrons. The van der Waals surface area contributed by atoms with E-state index in [0.717, 1.165) is 11.1 Å².